The van der Waals surface area contributed by atoms with Crippen LogP contribution in [-0.4, -0.2) is 46.4 Å². The van der Waals surface area contributed by atoms with Crippen LogP contribution in [0.4, 0.5) is 0 Å². The zero-order valence-electron chi connectivity index (χ0n) is 15.1. The van der Waals surface area contributed by atoms with Gasteiger partial charge in [-0.15, -0.1) is 0 Å². The molecule has 4 rings (SSSR count). The first-order valence-electron chi connectivity index (χ1n) is 8.48. The quantitative estimate of drug-likeness (QED) is 0.857. The number of H-pyrrole nitrogens is 1. The molecule has 3 fully saturated rings. The van der Waals surface area contributed by atoms with Crippen LogP contribution in [0, 0.1) is 12.8 Å². The van der Waals surface area contributed by atoms with Gasteiger partial charge in [-0.2, -0.15) is 0 Å². The summed E-state index contributed by atoms with van der Waals surface area (Å²) < 4.78 is 25.2. The summed E-state index contributed by atoms with van der Waals surface area (Å²) in [6.45, 7) is 8.02. The maximum atomic E-state index is 12.3. The zero-order valence-corrected chi connectivity index (χ0v) is 15.1. The van der Waals surface area contributed by atoms with Crippen molar-refractivity contribution in [3.8, 4) is 0 Å². The molecule has 0 radical (unpaired) electrons. The molecule has 1 N–H and O–H groups in total. The van der Waals surface area contributed by atoms with Gasteiger partial charge < -0.3 is 18.9 Å². The van der Waals surface area contributed by atoms with Gasteiger partial charge in [-0.1, -0.05) is 0 Å². The molecule has 0 spiro atoms. The second kappa shape index (κ2) is 5.03. The van der Waals surface area contributed by atoms with Gasteiger partial charge in [0, 0.05) is 25.3 Å². The average molecular weight is 352 g/mol. The van der Waals surface area contributed by atoms with Gasteiger partial charge in [-0.25, -0.2) is 4.79 Å². The van der Waals surface area contributed by atoms with Gasteiger partial charge in [0.25, 0.3) is 5.56 Å². The van der Waals surface area contributed by atoms with Crippen molar-refractivity contribution in [1.82, 2.24) is 9.55 Å². The van der Waals surface area contributed by atoms with E-state index in [-0.39, 0.29) is 17.6 Å². The summed E-state index contributed by atoms with van der Waals surface area (Å²) in [5.41, 5.74) is -1.30. The molecule has 1 saturated carbocycles. The molecule has 8 heteroatoms. The Morgan fingerprint density at radius 2 is 2.08 bits per heavy atom. The minimum absolute atomic E-state index is 0.00326. The first kappa shape index (κ1) is 17.0. The summed E-state index contributed by atoms with van der Waals surface area (Å²) in [7, 11) is 1.62. The molecule has 25 heavy (non-hydrogen) atoms. The van der Waals surface area contributed by atoms with Crippen molar-refractivity contribution in [2.75, 3.05) is 13.7 Å². The van der Waals surface area contributed by atoms with Crippen molar-refractivity contribution < 1.29 is 18.9 Å². The van der Waals surface area contributed by atoms with Crippen molar-refractivity contribution in [2.45, 2.75) is 63.4 Å². The SMILES string of the molecule is COC12C[C@]3(COC(C)(C)C)O[C@@H](n4cc(C)c(=O)[nH]c4=O)C(O1)C23. The van der Waals surface area contributed by atoms with Crippen LogP contribution in [0.2, 0.25) is 0 Å². The van der Waals surface area contributed by atoms with E-state index in [4.69, 9.17) is 18.9 Å². The number of aromatic amines is 1. The Labute approximate surface area is 145 Å². The molecule has 2 aliphatic heterocycles. The van der Waals surface area contributed by atoms with Crippen LogP contribution >= 0.6 is 0 Å². The minimum atomic E-state index is -0.651. The van der Waals surface area contributed by atoms with E-state index in [0.29, 0.717) is 18.6 Å². The lowest BCUT2D eigenvalue weighted by Crippen LogP contribution is -2.78. The number of aryl methyl sites for hydroxylation is 1. The molecule has 138 valence electrons. The van der Waals surface area contributed by atoms with Crippen molar-refractivity contribution in [3.63, 3.8) is 0 Å². The van der Waals surface area contributed by atoms with Gasteiger partial charge in [-0.05, 0) is 27.7 Å². The minimum Gasteiger partial charge on any atom is -0.373 e. The van der Waals surface area contributed by atoms with E-state index in [1.165, 1.54) is 10.8 Å². The lowest BCUT2D eigenvalue weighted by Gasteiger charge is -2.64. The second-order valence-corrected chi connectivity index (χ2v) is 8.21. The lowest BCUT2D eigenvalue weighted by atomic mass is 9.59. The Bertz CT molecular complexity index is 824. The van der Waals surface area contributed by atoms with E-state index in [1.54, 1.807) is 14.0 Å². The fraction of sp³-hybridized carbons (Fsp3) is 0.765. The largest absolute Gasteiger partial charge is 0.373 e. The third-order valence-corrected chi connectivity index (χ3v) is 5.40. The van der Waals surface area contributed by atoms with Crippen molar-refractivity contribution in [3.05, 3.63) is 32.6 Å². The lowest BCUT2D eigenvalue weighted by molar-refractivity contribution is -0.443. The number of hydrogen-bond donors (Lipinski definition) is 1. The Morgan fingerprint density at radius 3 is 2.72 bits per heavy atom. The Hall–Kier alpha value is -1.48. The first-order valence-corrected chi connectivity index (χ1v) is 8.48. The number of hydrogen-bond acceptors (Lipinski definition) is 6. The van der Waals surface area contributed by atoms with Gasteiger partial charge in [0.1, 0.15) is 11.7 Å². The highest BCUT2D eigenvalue weighted by atomic mass is 16.8. The zero-order chi connectivity index (χ0) is 18.2. The van der Waals surface area contributed by atoms with Crippen molar-refractivity contribution >= 4 is 0 Å². The summed E-state index contributed by atoms with van der Waals surface area (Å²) in [5.74, 6) is -0.655. The van der Waals surface area contributed by atoms with Crippen LogP contribution in [0.25, 0.3) is 0 Å². The molecule has 1 aromatic rings. The average Bonchev–Trinajstić information content (AvgIpc) is 2.61. The fourth-order valence-corrected chi connectivity index (χ4v) is 4.19. The van der Waals surface area contributed by atoms with E-state index < -0.39 is 28.9 Å². The highest BCUT2D eigenvalue weighted by Gasteiger charge is 2.82. The molecule has 1 aromatic heterocycles. The van der Waals surface area contributed by atoms with Gasteiger partial charge >= 0.3 is 5.69 Å². The number of rotatable bonds is 4. The predicted molar refractivity (Wildman–Crippen MR) is 87.3 cm³/mol. The number of nitrogens with one attached hydrogen (secondary N) is 1. The Morgan fingerprint density at radius 1 is 1.36 bits per heavy atom. The predicted octanol–water partition coefficient (Wildman–Crippen LogP) is 0.689. The maximum Gasteiger partial charge on any atom is 0.330 e. The summed E-state index contributed by atoms with van der Waals surface area (Å²) in [6, 6.07) is 0. The van der Waals surface area contributed by atoms with Crippen LogP contribution in [0.3, 0.4) is 0 Å². The molecule has 0 bridgehead atoms. The van der Waals surface area contributed by atoms with E-state index >= 15 is 0 Å². The van der Waals surface area contributed by atoms with Gasteiger partial charge in [-0.3, -0.25) is 14.3 Å². The summed E-state index contributed by atoms with van der Waals surface area (Å²) in [5, 5.41) is 0. The number of ether oxygens (including phenoxy) is 4. The molecule has 0 amide bonds. The first-order chi connectivity index (χ1) is 11.6. The van der Waals surface area contributed by atoms with E-state index in [1.807, 2.05) is 20.8 Å². The van der Waals surface area contributed by atoms with Gasteiger partial charge in [0.05, 0.1) is 18.1 Å². The summed E-state index contributed by atoms with van der Waals surface area (Å²) in [4.78, 5) is 26.2. The summed E-state index contributed by atoms with van der Waals surface area (Å²) in [6.07, 6.45) is 1.16. The van der Waals surface area contributed by atoms with Crippen LogP contribution in [-0.2, 0) is 18.9 Å². The van der Waals surface area contributed by atoms with Crippen LogP contribution in [0.5, 0.6) is 0 Å². The second-order valence-electron chi connectivity index (χ2n) is 8.21. The van der Waals surface area contributed by atoms with E-state index in [2.05, 4.69) is 4.98 Å². The third kappa shape index (κ3) is 2.28. The maximum absolute atomic E-state index is 12.3. The van der Waals surface area contributed by atoms with Crippen LogP contribution < -0.4 is 11.2 Å². The smallest absolute Gasteiger partial charge is 0.330 e. The molecular weight excluding hydrogens is 328 g/mol. The van der Waals surface area contributed by atoms with E-state index in [9.17, 15) is 9.59 Å². The molecule has 3 heterocycles. The Kier molecular flexibility index (Phi) is 3.41. The van der Waals surface area contributed by atoms with Crippen LogP contribution in [0.1, 0.15) is 39.0 Å². The highest BCUT2D eigenvalue weighted by Crippen LogP contribution is 2.69. The number of nitrogens with zero attached hydrogens (tertiary/aromatic N) is 1. The fourth-order valence-electron chi connectivity index (χ4n) is 4.19. The normalized spacial score (nSPS) is 38.8. The Balaban J connectivity index is 1.66. The molecule has 2 saturated heterocycles. The third-order valence-electron chi connectivity index (χ3n) is 5.40. The molecule has 1 aliphatic carbocycles. The molecular formula is C17H24N2O6. The van der Waals surface area contributed by atoms with Gasteiger partial charge in [0.15, 0.2) is 12.0 Å². The number of aromatic nitrogens is 2. The topological polar surface area (TPSA) is 91.8 Å². The number of methoxy groups -OCH3 is 1. The summed E-state index contributed by atoms with van der Waals surface area (Å²) >= 11 is 0. The van der Waals surface area contributed by atoms with E-state index in [0.717, 1.165) is 0 Å². The van der Waals surface area contributed by atoms with Crippen molar-refractivity contribution in [1.29, 1.82) is 0 Å². The molecule has 5 atom stereocenters. The highest BCUT2D eigenvalue weighted by molar-refractivity contribution is 5.24. The molecule has 0 aromatic carbocycles. The molecule has 3 unspecified atom stereocenters. The monoisotopic (exact) mass is 352 g/mol. The van der Waals surface area contributed by atoms with Gasteiger partial charge in [0.2, 0.25) is 0 Å². The molecule has 3 aliphatic rings. The van der Waals surface area contributed by atoms with Crippen LogP contribution in [0.15, 0.2) is 15.8 Å². The standard InChI is InChI=1S/C17H24N2O6/c1-9-6-19(14(21)18-12(9)20)13-10-11-16(25-13,8-23-15(2,3)4)7-17(11,22-5)24-10/h6,10-11,13H,7-8H2,1-5H3,(H,18,20,21)/t10?,11?,13-,16-,17?/m1/s1. The molecule has 8 nitrogen and oxygen atoms in total. The van der Waals surface area contributed by atoms with Crippen molar-refractivity contribution in [2.24, 2.45) is 5.92 Å².